The van der Waals surface area contributed by atoms with Crippen molar-refractivity contribution in [2.45, 2.75) is 31.7 Å². The summed E-state index contributed by atoms with van der Waals surface area (Å²) in [5.41, 5.74) is 0.719. The maximum atomic E-state index is 14.2. The monoisotopic (exact) mass is 347 g/mol. The van der Waals surface area contributed by atoms with Gasteiger partial charge in [0.1, 0.15) is 5.82 Å². The second-order valence-corrected chi connectivity index (χ2v) is 7.42. The molecule has 2 fully saturated rings. The van der Waals surface area contributed by atoms with Gasteiger partial charge in [-0.2, -0.15) is 0 Å². The zero-order valence-corrected chi connectivity index (χ0v) is 15.2. The van der Waals surface area contributed by atoms with E-state index in [1.807, 2.05) is 7.05 Å². The Bertz CT molecular complexity index is 693. The molecule has 136 valence electrons. The number of hydrogen-bond acceptors (Lipinski definition) is 3. The molecule has 3 rings (SSSR count). The molecule has 0 radical (unpaired) electrons. The van der Waals surface area contributed by atoms with Crippen molar-refractivity contribution in [3.8, 4) is 0 Å². The topological polar surface area (TPSA) is 43.9 Å². The lowest BCUT2D eigenvalue weighted by Crippen LogP contribution is -2.62. The Morgan fingerprint density at radius 1 is 1.16 bits per heavy atom. The minimum atomic E-state index is -0.464. The van der Waals surface area contributed by atoms with E-state index >= 15 is 0 Å². The Balaban J connectivity index is 1.82. The van der Waals surface area contributed by atoms with Crippen molar-refractivity contribution in [1.29, 1.82) is 0 Å². The van der Waals surface area contributed by atoms with Gasteiger partial charge in [0, 0.05) is 45.2 Å². The van der Waals surface area contributed by atoms with Crippen LogP contribution < -0.4 is 0 Å². The van der Waals surface area contributed by atoms with Crippen LogP contribution in [0.4, 0.5) is 4.39 Å². The van der Waals surface area contributed by atoms with Crippen molar-refractivity contribution in [1.82, 2.24) is 14.7 Å². The molecular weight excluding hydrogens is 321 g/mol. The Morgan fingerprint density at radius 3 is 2.64 bits per heavy atom. The third kappa shape index (κ3) is 3.40. The van der Waals surface area contributed by atoms with Crippen molar-refractivity contribution in [2.75, 3.05) is 40.3 Å². The van der Waals surface area contributed by atoms with E-state index in [2.05, 4.69) is 11.9 Å². The first-order valence-corrected chi connectivity index (χ1v) is 8.83. The average Bonchev–Trinajstić information content (AvgIpc) is 2.71. The van der Waals surface area contributed by atoms with Gasteiger partial charge in [0.15, 0.2) is 0 Å². The van der Waals surface area contributed by atoms with Gasteiger partial charge in [-0.25, -0.2) is 4.39 Å². The molecule has 2 saturated heterocycles. The standard InChI is InChI=1S/C19H26FN3O2/c1-14-4-5-15(16(20)12-14)18(25)23-11-10-22(3)19(13-23)7-6-17(24)21(2)9-8-19/h4-5,12H,6-11,13H2,1-3H3/t19-/m1/s1. The summed E-state index contributed by atoms with van der Waals surface area (Å²) < 4.78 is 14.2. The fourth-order valence-electron chi connectivity index (χ4n) is 3.90. The molecule has 2 heterocycles. The molecule has 2 aliphatic heterocycles. The lowest BCUT2D eigenvalue weighted by Gasteiger charge is -2.49. The number of rotatable bonds is 1. The van der Waals surface area contributed by atoms with E-state index in [9.17, 15) is 14.0 Å². The first-order valence-electron chi connectivity index (χ1n) is 8.83. The molecule has 6 heteroatoms. The number of benzene rings is 1. The number of amides is 2. The van der Waals surface area contributed by atoms with Gasteiger partial charge < -0.3 is 9.80 Å². The fraction of sp³-hybridized carbons (Fsp3) is 0.579. The van der Waals surface area contributed by atoms with E-state index in [1.54, 1.807) is 28.9 Å². The highest BCUT2D eigenvalue weighted by Crippen LogP contribution is 2.32. The molecule has 0 bridgehead atoms. The lowest BCUT2D eigenvalue weighted by atomic mass is 9.86. The number of hydrogen-bond donors (Lipinski definition) is 0. The summed E-state index contributed by atoms with van der Waals surface area (Å²) in [6.07, 6.45) is 2.04. The van der Waals surface area contributed by atoms with Crippen LogP contribution in [0.5, 0.6) is 0 Å². The smallest absolute Gasteiger partial charge is 0.256 e. The van der Waals surface area contributed by atoms with Gasteiger partial charge in [-0.15, -0.1) is 0 Å². The molecule has 0 aliphatic carbocycles. The predicted molar refractivity (Wildman–Crippen MR) is 93.9 cm³/mol. The van der Waals surface area contributed by atoms with E-state index in [0.29, 0.717) is 26.1 Å². The molecule has 1 atom stereocenters. The summed E-state index contributed by atoms with van der Waals surface area (Å²) in [6.45, 7) is 4.34. The molecule has 1 aromatic rings. The largest absolute Gasteiger partial charge is 0.346 e. The van der Waals surface area contributed by atoms with Crippen molar-refractivity contribution in [2.24, 2.45) is 0 Å². The van der Waals surface area contributed by atoms with Crippen LogP contribution in [0, 0.1) is 12.7 Å². The van der Waals surface area contributed by atoms with Gasteiger partial charge in [-0.05, 0) is 44.5 Å². The number of nitrogens with zero attached hydrogens (tertiary/aromatic N) is 3. The SMILES string of the molecule is Cc1ccc(C(=O)N2CCN(C)[C@@]3(CCC(=O)N(C)CC3)C2)c(F)c1. The van der Waals surface area contributed by atoms with Crippen LogP contribution in [0.15, 0.2) is 18.2 Å². The Hall–Kier alpha value is -1.95. The normalized spacial score (nSPS) is 25.4. The number of carbonyl (C=O) groups is 2. The molecule has 1 aromatic carbocycles. The quantitative estimate of drug-likeness (QED) is 0.779. The summed E-state index contributed by atoms with van der Waals surface area (Å²) in [5, 5.41) is 0. The minimum Gasteiger partial charge on any atom is -0.346 e. The number of aryl methyl sites for hydroxylation is 1. The van der Waals surface area contributed by atoms with E-state index in [-0.39, 0.29) is 22.9 Å². The van der Waals surface area contributed by atoms with E-state index in [0.717, 1.165) is 24.9 Å². The van der Waals surface area contributed by atoms with Crippen molar-refractivity contribution in [3.63, 3.8) is 0 Å². The zero-order valence-electron chi connectivity index (χ0n) is 15.2. The van der Waals surface area contributed by atoms with E-state index < -0.39 is 5.82 Å². The maximum Gasteiger partial charge on any atom is 0.256 e. The molecule has 0 N–H and O–H groups in total. The Labute approximate surface area is 148 Å². The Morgan fingerprint density at radius 2 is 1.92 bits per heavy atom. The summed E-state index contributed by atoms with van der Waals surface area (Å²) in [7, 11) is 3.89. The molecule has 0 unspecified atom stereocenters. The second-order valence-electron chi connectivity index (χ2n) is 7.42. The van der Waals surface area contributed by atoms with Crippen LogP contribution in [-0.4, -0.2) is 72.3 Å². The van der Waals surface area contributed by atoms with Crippen LogP contribution in [0.2, 0.25) is 0 Å². The number of likely N-dealkylation sites (N-methyl/N-ethyl adjacent to an activating group) is 1. The van der Waals surface area contributed by atoms with Crippen LogP contribution in [0.3, 0.4) is 0 Å². The molecule has 25 heavy (non-hydrogen) atoms. The van der Waals surface area contributed by atoms with Crippen molar-refractivity contribution >= 4 is 11.8 Å². The summed E-state index contributed by atoms with van der Waals surface area (Å²) in [5.74, 6) is -0.569. The first-order chi connectivity index (χ1) is 11.8. The van der Waals surface area contributed by atoms with Gasteiger partial charge in [-0.3, -0.25) is 14.5 Å². The van der Waals surface area contributed by atoms with E-state index in [4.69, 9.17) is 0 Å². The zero-order chi connectivity index (χ0) is 18.2. The van der Waals surface area contributed by atoms with Crippen LogP contribution in [0.1, 0.15) is 35.2 Å². The van der Waals surface area contributed by atoms with Gasteiger partial charge in [-0.1, -0.05) is 6.07 Å². The highest BCUT2D eigenvalue weighted by Gasteiger charge is 2.43. The molecular formula is C19H26FN3O2. The number of carbonyl (C=O) groups excluding carboxylic acids is 2. The number of halogens is 1. The van der Waals surface area contributed by atoms with Gasteiger partial charge in [0.05, 0.1) is 5.56 Å². The van der Waals surface area contributed by atoms with Crippen LogP contribution in [0.25, 0.3) is 0 Å². The van der Waals surface area contributed by atoms with Crippen LogP contribution in [-0.2, 0) is 4.79 Å². The van der Waals surface area contributed by atoms with Crippen molar-refractivity contribution in [3.05, 3.63) is 35.1 Å². The average molecular weight is 347 g/mol. The molecule has 0 aromatic heterocycles. The molecule has 2 amide bonds. The van der Waals surface area contributed by atoms with Gasteiger partial charge >= 0.3 is 0 Å². The maximum absolute atomic E-state index is 14.2. The lowest BCUT2D eigenvalue weighted by molar-refractivity contribution is -0.129. The summed E-state index contributed by atoms with van der Waals surface area (Å²) >= 11 is 0. The van der Waals surface area contributed by atoms with Crippen molar-refractivity contribution < 1.29 is 14.0 Å². The predicted octanol–water partition coefficient (Wildman–Crippen LogP) is 1.90. The fourth-order valence-corrected chi connectivity index (χ4v) is 3.90. The highest BCUT2D eigenvalue weighted by molar-refractivity contribution is 5.94. The molecule has 0 saturated carbocycles. The first kappa shape index (κ1) is 17.9. The molecule has 1 spiro atoms. The highest BCUT2D eigenvalue weighted by atomic mass is 19.1. The molecule has 5 nitrogen and oxygen atoms in total. The Kier molecular flexibility index (Phi) is 4.82. The number of likely N-dealkylation sites (tertiary alicyclic amines) is 1. The second kappa shape index (κ2) is 6.75. The third-order valence-electron chi connectivity index (χ3n) is 5.79. The number of piperazine rings is 1. The van der Waals surface area contributed by atoms with E-state index in [1.165, 1.54) is 6.07 Å². The van der Waals surface area contributed by atoms with Gasteiger partial charge in [0.2, 0.25) is 5.91 Å². The third-order valence-corrected chi connectivity index (χ3v) is 5.79. The summed E-state index contributed by atoms with van der Waals surface area (Å²) in [4.78, 5) is 30.7. The summed E-state index contributed by atoms with van der Waals surface area (Å²) in [6, 6.07) is 4.74. The minimum absolute atomic E-state index is 0.132. The van der Waals surface area contributed by atoms with Crippen LogP contribution >= 0.6 is 0 Å². The van der Waals surface area contributed by atoms with Gasteiger partial charge in [0.25, 0.3) is 5.91 Å². The molecule has 2 aliphatic rings.